The van der Waals surface area contributed by atoms with Gasteiger partial charge in [0.1, 0.15) is 11.6 Å². The van der Waals surface area contributed by atoms with E-state index < -0.39 is 0 Å². The lowest BCUT2D eigenvalue weighted by Gasteiger charge is -2.22. The molecule has 2 aromatic rings. The number of benzene rings is 1. The van der Waals surface area contributed by atoms with Gasteiger partial charge in [-0.25, -0.2) is 9.97 Å². The summed E-state index contributed by atoms with van der Waals surface area (Å²) in [6.07, 6.45) is 1.94. The molecule has 0 aliphatic heterocycles. The normalized spacial score (nSPS) is 12.4. The van der Waals surface area contributed by atoms with Gasteiger partial charge in [-0.3, -0.25) is 0 Å². The number of aryl methyl sites for hydroxylation is 1. The van der Waals surface area contributed by atoms with Crippen LogP contribution in [0.25, 0.3) is 0 Å². The van der Waals surface area contributed by atoms with Gasteiger partial charge in [0.15, 0.2) is 0 Å². The van der Waals surface area contributed by atoms with Gasteiger partial charge in [0.05, 0.1) is 17.8 Å². The number of hydrogen-bond acceptors (Lipinski definition) is 4. The van der Waals surface area contributed by atoms with E-state index in [-0.39, 0.29) is 12.1 Å². The zero-order chi connectivity index (χ0) is 15.2. The van der Waals surface area contributed by atoms with Crippen LogP contribution in [0.2, 0.25) is 0 Å². The van der Waals surface area contributed by atoms with Crippen LogP contribution < -0.4 is 10.1 Å². The minimum Gasteiger partial charge on any atom is -0.491 e. The van der Waals surface area contributed by atoms with Gasteiger partial charge in [0, 0.05) is 11.8 Å². The smallest absolute Gasteiger partial charge is 0.125 e. The topological polar surface area (TPSA) is 47.0 Å². The van der Waals surface area contributed by atoms with Crippen molar-refractivity contribution in [3.63, 3.8) is 0 Å². The Bertz CT molecular complexity index is 584. The van der Waals surface area contributed by atoms with Crippen molar-refractivity contribution >= 4 is 0 Å². The average Bonchev–Trinajstić information content (AvgIpc) is 2.45. The second kappa shape index (κ2) is 7.18. The van der Waals surface area contributed by atoms with E-state index in [1.54, 1.807) is 6.20 Å². The van der Waals surface area contributed by atoms with Crippen LogP contribution in [0.3, 0.4) is 0 Å². The van der Waals surface area contributed by atoms with Gasteiger partial charge in [0.25, 0.3) is 0 Å². The number of nitrogens with zero attached hydrogens (tertiary/aromatic N) is 2. The number of nitrogens with one attached hydrogen (secondary N) is 1. The Morgan fingerprint density at radius 2 is 1.95 bits per heavy atom. The Hall–Kier alpha value is -1.94. The van der Waals surface area contributed by atoms with Gasteiger partial charge in [0.2, 0.25) is 0 Å². The zero-order valence-corrected chi connectivity index (χ0v) is 13.1. The molecule has 1 heterocycles. The van der Waals surface area contributed by atoms with Crippen LogP contribution in [0.4, 0.5) is 0 Å². The van der Waals surface area contributed by atoms with E-state index in [1.807, 2.05) is 45.0 Å². The van der Waals surface area contributed by atoms with Crippen molar-refractivity contribution < 1.29 is 4.74 Å². The Balaban J connectivity index is 2.43. The predicted octanol–water partition coefficient (Wildman–Crippen LogP) is 3.27. The van der Waals surface area contributed by atoms with Crippen LogP contribution in [0, 0.1) is 6.92 Å². The third-order valence-electron chi connectivity index (χ3n) is 3.09. The fraction of sp³-hybridized carbons (Fsp3) is 0.412. The first-order valence-electron chi connectivity index (χ1n) is 7.40. The molecule has 4 nitrogen and oxygen atoms in total. The predicted molar refractivity (Wildman–Crippen MR) is 84.5 cm³/mol. The van der Waals surface area contributed by atoms with E-state index >= 15 is 0 Å². The minimum atomic E-state index is 0.00616. The molecule has 0 saturated heterocycles. The Morgan fingerprint density at radius 3 is 2.62 bits per heavy atom. The second-order valence-corrected chi connectivity index (χ2v) is 5.22. The molecule has 0 saturated carbocycles. The number of hydrogen-bond donors (Lipinski definition) is 1. The molecule has 0 radical (unpaired) electrons. The van der Waals surface area contributed by atoms with Crippen molar-refractivity contribution in [2.24, 2.45) is 0 Å². The van der Waals surface area contributed by atoms with Gasteiger partial charge in [-0.15, -0.1) is 0 Å². The Kier molecular flexibility index (Phi) is 5.28. The average molecular weight is 285 g/mol. The van der Waals surface area contributed by atoms with Gasteiger partial charge in [-0.05, 0) is 39.4 Å². The van der Waals surface area contributed by atoms with E-state index in [1.165, 1.54) is 0 Å². The molecule has 0 bridgehead atoms. The molecular weight excluding hydrogens is 262 g/mol. The van der Waals surface area contributed by atoms with Crippen LogP contribution >= 0.6 is 0 Å². The number of para-hydroxylation sites is 1. The lowest BCUT2D eigenvalue weighted by atomic mass is 10.0. The highest BCUT2D eigenvalue weighted by atomic mass is 16.5. The van der Waals surface area contributed by atoms with E-state index in [9.17, 15) is 0 Å². The fourth-order valence-corrected chi connectivity index (χ4v) is 2.29. The second-order valence-electron chi connectivity index (χ2n) is 5.22. The summed E-state index contributed by atoms with van der Waals surface area (Å²) in [6, 6.07) is 10.1. The SMILES string of the molecule is CCNC(c1ccnc(C)n1)c1ccccc1OC(C)C. The molecule has 0 aliphatic rings. The summed E-state index contributed by atoms with van der Waals surface area (Å²) in [7, 11) is 0. The Morgan fingerprint density at radius 1 is 1.19 bits per heavy atom. The maximum Gasteiger partial charge on any atom is 0.125 e. The summed E-state index contributed by atoms with van der Waals surface area (Å²) in [5.41, 5.74) is 2.07. The third-order valence-corrected chi connectivity index (χ3v) is 3.09. The highest BCUT2D eigenvalue weighted by molar-refractivity contribution is 5.40. The Labute approximate surface area is 126 Å². The number of aromatic nitrogens is 2. The highest BCUT2D eigenvalue weighted by Gasteiger charge is 2.19. The summed E-state index contributed by atoms with van der Waals surface area (Å²) >= 11 is 0. The van der Waals surface area contributed by atoms with Crippen LogP contribution in [0.1, 0.15) is 43.9 Å². The zero-order valence-electron chi connectivity index (χ0n) is 13.1. The van der Waals surface area contributed by atoms with E-state index in [2.05, 4.69) is 28.3 Å². The van der Waals surface area contributed by atoms with E-state index in [4.69, 9.17) is 4.74 Å². The molecular formula is C17H23N3O. The van der Waals surface area contributed by atoms with E-state index in [0.29, 0.717) is 0 Å². The molecule has 0 spiro atoms. The van der Waals surface area contributed by atoms with Gasteiger partial charge in [-0.1, -0.05) is 25.1 Å². The maximum atomic E-state index is 5.94. The molecule has 0 fully saturated rings. The van der Waals surface area contributed by atoms with Gasteiger partial charge < -0.3 is 10.1 Å². The largest absolute Gasteiger partial charge is 0.491 e. The van der Waals surface area contributed by atoms with Gasteiger partial charge in [-0.2, -0.15) is 0 Å². The van der Waals surface area contributed by atoms with Crippen molar-refractivity contribution in [2.45, 2.75) is 39.8 Å². The number of rotatable bonds is 6. The summed E-state index contributed by atoms with van der Waals surface area (Å²) in [5, 5.41) is 3.49. The summed E-state index contributed by atoms with van der Waals surface area (Å²) < 4.78 is 5.94. The first-order chi connectivity index (χ1) is 10.1. The molecule has 0 aliphatic carbocycles. The molecule has 4 heteroatoms. The summed E-state index contributed by atoms with van der Waals surface area (Å²) in [4.78, 5) is 8.74. The molecule has 2 rings (SSSR count). The van der Waals surface area contributed by atoms with Gasteiger partial charge >= 0.3 is 0 Å². The molecule has 1 aromatic carbocycles. The first kappa shape index (κ1) is 15.4. The first-order valence-corrected chi connectivity index (χ1v) is 7.40. The van der Waals surface area contributed by atoms with Crippen LogP contribution in [0.5, 0.6) is 5.75 Å². The lowest BCUT2D eigenvalue weighted by molar-refractivity contribution is 0.238. The highest BCUT2D eigenvalue weighted by Crippen LogP contribution is 2.29. The minimum absolute atomic E-state index is 0.00616. The molecule has 1 unspecified atom stereocenters. The van der Waals surface area contributed by atoms with Crippen molar-refractivity contribution in [2.75, 3.05) is 6.54 Å². The van der Waals surface area contributed by atoms with Crippen molar-refractivity contribution in [3.8, 4) is 5.75 Å². The molecule has 1 aromatic heterocycles. The summed E-state index contributed by atoms with van der Waals surface area (Å²) in [5.74, 6) is 1.67. The summed E-state index contributed by atoms with van der Waals surface area (Å²) in [6.45, 7) is 8.92. The standard InChI is InChI=1S/C17H23N3O/c1-5-18-17(15-10-11-19-13(4)20-15)14-8-6-7-9-16(14)21-12(2)3/h6-12,17-18H,5H2,1-4H3. The maximum absolute atomic E-state index is 5.94. The van der Waals surface area contributed by atoms with Crippen LogP contribution in [-0.2, 0) is 0 Å². The monoisotopic (exact) mass is 285 g/mol. The van der Waals surface area contributed by atoms with Crippen LogP contribution in [-0.4, -0.2) is 22.6 Å². The van der Waals surface area contributed by atoms with Crippen molar-refractivity contribution in [1.82, 2.24) is 15.3 Å². The quantitative estimate of drug-likeness (QED) is 0.885. The van der Waals surface area contributed by atoms with Crippen molar-refractivity contribution in [3.05, 3.63) is 53.6 Å². The molecule has 1 atom stereocenters. The molecule has 0 amide bonds. The van der Waals surface area contributed by atoms with Crippen LogP contribution in [0.15, 0.2) is 36.5 Å². The molecule has 21 heavy (non-hydrogen) atoms. The lowest BCUT2D eigenvalue weighted by Crippen LogP contribution is -2.24. The number of ether oxygens (including phenoxy) is 1. The third kappa shape index (κ3) is 4.02. The molecule has 1 N–H and O–H groups in total. The van der Waals surface area contributed by atoms with Crippen molar-refractivity contribution in [1.29, 1.82) is 0 Å². The molecule has 112 valence electrons. The fourth-order valence-electron chi connectivity index (χ4n) is 2.29. The van der Waals surface area contributed by atoms with E-state index in [0.717, 1.165) is 29.4 Å².